The summed E-state index contributed by atoms with van der Waals surface area (Å²) in [5.74, 6) is -0.167. The van der Waals surface area contributed by atoms with Gasteiger partial charge in [-0.3, -0.25) is 15.1 Å². The van der Waals surface area contributed by atoms with Gasteiger partial charge in [-0.15, -0.1) is 0 Å². The van der Waals surface area contributed by atoms with Crippen LogP contribution in [0.1, 0.15) is 24.2 Å². The highest BCUT2D eigenvalue weighted by Gasteiger charge is 2.24. The predicted octanol–water partition coefficient (Wildman–Crippen LogP) is 5.23. The van der Waals surface area contributed by atoms with E-state index in [4.69, 9.17) is 4.74 Å². The molecule has 0 saturated carbocycles. The SMILES string of the molecule is CC(C)COC(=O)c1ccc(Nc2ncnc(Nc3cccc4cccnc34)c2[N+](=O)[O-])cc1. The molecule has 0 aliphatic heterocycles. The molecule has 0 atom stereocenters. The molecule has 0 radical (unpaired) electrons. The minimum absolute atomic E-state index is 0.00540. The number of para-hydroxylation sites is 1. The van der Waals surface area contributed by atoms with Crippen molar-refractivity contribution in [3.63, 3.8) is 0 Å². The third-order valence-electron chi connectivity index (χ3n) is 4.82. The molecule has 0 aliphatic rings. The predicted molar refractivity (Wildman–Crippen MR) is 129 cm³/mol. The number of nitrogens with zero attached hydrogens (tertiary/aromatic N) is 4. The largest absolute Gasteiger partial charge is 0.462 e. The molecule has 2 aromatic heterocycles. The fourth-order valence-corrected chi connectivity index (χ4v) is 3.22. The van der Waals surface area contributed by atoms with Crippen LogP contribution in [0.4, 0.5) is 28.7 Å². The van der Waals surface area contributed by atoms with Gasteiger partial charge in [0.2, 0.25) is 11.6 Å². The number of pyridine rings is 1. The van der Waals surface area contributed by atoms with Gasteiger partial charge in [-0.25, -0.2) is 14.8 Å². The lowest BCUT2D eigenvalue weighted by atomic mass is 10.2. The fourth-order valence-electron chi connectivity index (χ4n) is 3.22. The minimum Gasteiger partial charge on any atom is -0.462 e. The average Bonchev–Trinajstić information content (AvgIpc) is 2.83. The number of hydrogen-bond acceptors (Lipinski definition) is 9. The molecule has 0 spiro atoms. The molecule has 4 aromatic rings. The summed E-state index contributed by atoms with van der Waals surface area (Å²) in [4.78, 5) is 36.0. The van der Waals surface area contributed by atoms with Crippen LogP contribution in [0.25, 0.3) is 10.9 Å². The number of carbonyl (C=O) groups is 1. The van der Waals surface area contributed by atoms with Crippen molar-refractivity contribution in [3.05, 3.63) is 82.8 Å². The molecule has 0 aliphatic carbocycles. The van der Waals surface area contributed by atoms with Crippen molar-refractivity contribution in [2.45, 2.75) is 13.8 Å². The highest BCUT2D eigenvalue weighted by atomic mass is 16.6. The zero-order chi connectivity index (χ0) is 24.1. The lowest BCUT2D eigenvalue weighted by molar-refractivity contribution is -0.383. The van der Waals surface area contributed by atoms with Gasteiger partial charge in [-0.2, -0.15) is 0 Å². The summed E-state index contributed by atoms with van der Waals surface area (Å²) in [6.07, 6.45) is 2.88. The molecular formula is C24H22N6O4. The summed E-state index contributed by atoms with van der Waals surface area (Å²) < 4.78 is 5.22. The van der Waals surface area contributed by atoms with Crippen LogP contribution in [0.2, 0.25) is 0 Å². The molecule has 34 heavy (non-hydrogen) atoms. The highest BCUT2D eigenvalue weighted by molar-refractivity contribution is 5.93. The van der Waals surface area contributed by atoms with Crippen LogP contribution in [0.15, 0.2) is 67.1 Å². The van der Waals surface area contributed by atoms with E-state index < -0.39 is 10.9 Å². The Kier molecular flexibility index (Phi) is 6.58. The molecule has 2 N–H and O–H groups in total. The van der Waals surface area contributed by atoms with Crippen LogP contribution < -0.4 is 10.6 Å². The monoisotopic (exact) mass is 458 g/mol. The number of nitrogens with one attached hydrogen (secondary N) is 2. The quantitative estimate of drug-likeness (QED) is 0.207. The maximum Gasteiger partial charge on any atom is 0.353 e. The molecule has 0 saturated heterocycles. The van der Waals surface area contributed by atoms with Crippen LogP contribution >= 0.6 is 0 Å². The Morgan fingerprint density at radius 3 is 2.41 bits per heavy atom. The molecule has 10 nitrogen and oxygen atoms in total. The normalized spacial score (nSPS) is 10.8. The first-order valence-corrected chi connectivity index (χ1v) is 10.6. The number of anilines is 4. The number of esters is 1. The third kappa shape index (κ3) is 5.07. The Labute approximate surface area is 195 Å². The Bertz CT molecular complexity index is 1340. The highest BCUT2D eigenvalue weighted by Crippen LogP contribution is 2.34. The summed E-state index contributed by atoms with van der Waals surface area (Å²) in [7, 11) is 0. The number of aromatic nitrogens is 3. The smallest absolute Gasteiger partial charge is 0.353 e. The van der Waals surface area contributed by atoms with Crippen LogP contribution in [0.5, 0.6) is 0 Å². The van der Waals surface area contributed by atoms with Gasteiger partial charge in [-0.1, -0.05) is 32.0 Å². The number of hydrogen-bond donors (Lipinski definition) is 2. The second kappa shape index (κ2) is 9.90. The molecule has 10 heteroatoms. The lowest BCUT2D eigenvalue weighted by Crippen LogP contribution is -2.10. The summed E-state index contributed by atoms with van der Waals surface area (Å²) >= 11 is 0. The maximum absolute atomic E-state index is 12.1. The van der Waals surface area contributed by atoms with Crippen molar-refractivity contribution in [2.75, 3.05) is 17.2 Å². The Morgan fingerprint density at radius 1 is 1.00 bits per heavy atom. The average molecular weight is 458 g/mol. The summed E-state index contributed by atoms with van der Waals surface area (Å²) in [6.45, 7) is 4.23. The van der Waals surface area contributed by atoms with E-state index in [1.54, 1.807) is 36.5 Å². The van der Waals surface area contributed by atoms with Crippen LogP contribution in [0, 0.1) is 16.0 Å². The van der Waals surface area contributed by atoms with E-state index in [0.717, 1.165) is 5.39 Å². The lowest BCUT2D eigenvalue weighted by Gasteiger charge is -2.12. The van der Waals surface area contributed by atoms with E-state index in [0.29, 0.717) is 29.1 Å². The summed E-state index contributed by atoms with van der Waals surface area (Å²) in [5, 5.41) is 18.8. The standard InChI is InChI=1S/C24H22N6O4/c1-15(2)13-34-24(31)17-8-10-18(11-9-17)28-22-21(30(32)33)23(27-14-26-22)29-19-7-3-5-16-6-4-12-25-20(16)19/h3-12,14-15H,13H2,1-2H3,(H2,26,27,28,29). The van der Waals surface area contributed by atoms with E-state index in [2.05, 4.69) is 25.6 Å². The van der Waals surface area contributed by atoms with Gasteiger partial charge in [0, 0.05) is 17.3 Å². The van der Waals surface area contributed by atoms with Gasteiger partial charge in [0.1, 0.15) is 6.33 Å². The molecule has 0 bridgehead atoms. The van der Waals surface area contributed by atoms with Gasteiger partial charge in [-0.05, 0) is 42.3 Å². The summed E-state index contributed by atoms with van der Waals surface area (Å²) in [5.41, 5.74) is 1.81. The second-order valence-corrected chi connectivity index (χ2v) is 7.88. The van der Waals surface area contributed by atoms with Crippen LogP contribution in [-0.4, -0.2) is 32.5 Å². The molecule has 0 unspecified atom stereocenters. The zero-order valence-electron chi connectivity index (χ0n) is 18.6. The van der Waals surface area contributed by atoms with Crippen LogP contribution in [0.3, 0.4) is 0 Å². The Morgan fingerprint density at radius 2 is 1.71 bits per heavy atom. The van der Waals surface area contributed by atoms with Crippen molar-refractivity contribution in [2.24, 2.45) is 5.92 Å². The first-order chi connectivity index (χ1) is 16.4. The van der Waals surface area contributed by atoms with Crippen molar-refractivity contribution in [3.8, 4) is 0 Å². The van der Waals surface area contributed by atoms with E-state index in [-0.39, 0.29) is 23.2 Å². The van der Waals surface area contributed by atoms with Gasteiger partial charge >= 0.3 is 11.7 Å². The van der Waals surface area contributed by atoms with Crippen molar-refractivity contribution < 1.29 is 14.5 Å². The zero-order valence-corrected chi connectivity index (χ0v) is 18.6. The molecule has 4 rings (SSSR count). The molecule has 172 valence electrons. The van der Waals surface area contributed by atoms with Gasteiger partial charge in [0.25, 0.3) is 0 Å². The van der Waals surface area contributed by atoms with Gasteiger partial charge in [0.15, 0.2) is 0 Å². The molecule has 0 amide bonds. The van der Waals surface area contributed by atoms with E-state index in [1.165, 1.54) is 6.33 Å². The van der Waals surface area contributed by atoms with Crippen molar-refractivity contribution in [1.82, 2.24) is 15.0 Å². The molecule has 0 fully saturated rings. The third-order valence-corrected chi connectivity index (χ3v) is 4.82. The number of ether oxygens (including phenoxy) is 1. The number of nitro groups is 1. The number of carbonyl (C=O) groups excluding carboxylic acids is 1. The second-order valence-electron chi connectivity index (χ2n) is 7.88. The van der Waals surface area contributed by atoms with E-state index in [1.807, 2.05) is 38.1 Å². The minimum atomic E-state index is -0.555. The van der Waals surface area contributed by atoms with Crippen molar-refractivity contribution in [1.29, 1.82) is 0 Å². The van der Waals surface area contributed by atoms with Gasteiger partial charge in [0.05, 0.1) is 28.3 Å². The Hall–Kier alpha value is -4.60. The molecule has 2 aromatic carbocycles. The topological polar surface area (TPSA) is 132 Å². The number of fused-ring (bicyclic) bond motifs is 1. The number of benzene rings is 2. The van der Waals surface area contributed by atoms with Crippen LogP contribution in [-0.2, 0) is 4.74 Å². The first-order valence-electron chi connectivity index (χ1n) is 10.6. The summed E-state index contributed by atoms with van der Waals surface area (Å²) in [6, 6.07) is 15.6. The Balaban J connectivity index is 1.59. The first kappa shape index (κ1) is 22.6. The van der Waals surface area contributed by atoms with Crippen molar-refractivity contribution >= 4 is 45.6 Å². The van der Waals surface area contributed by atoms with Gasteiger partial charge < -0.3 is 15.4 Å². The van der Waals surface area contributed by atoms with E-state index >= 15 is 0 Å². The van der Waals surface area contributed by atoms with E-state index in [9.17, 15) is 14.9 Å². The molecular weight excluding hydrogens is 436 g/mol. The molecule has 2 heterocycles. The fraction of sp³-hybridized carbons (Fsp3) is 0.167. The maximum atomic E-state index is 12.1. The number of rotatable bonds is 8.